The molecule has 3 rings (SSSR count). The smallest absolute Gasteiger partial charge is 0.411 e. The Bertz CT molecular complexity index is 737. The maximum Gasteiger partial charge on any atom is 0.411 e. The summed E-state index contributed by atoms with van der Waals surface area (Å²) in [5, 5.41) is 9.28. The van der Waals surface area contributed by atoms with Crippen LogP contribution in [-0.2, 0) is 10.3 Å². The van der Waals surface area contributed by atoms with E-state index in [-0.39, 0.29) is 18.7 Å². The van der Waals surface area contributed by atoms with Gasteiger partial charge in [-0.2, -0.15) is 0 Å². The second kappa shape index (κ2) is 7.58. The van der Waals surface area contributed by atoms with Crippen molar-refractivity contribution in [3.05, 3.63) is 70.2 Å². The Labute approximate surface area is 156 Å². The molecule has 1 aliphatic rings. The van der Waals surface area contributed by atoms with E-state index < -0.39 is 5.60 Å². The van der Waals surface area contributed by atoms with Crippen molar-refractivity contribution in [3.63, 3.8) is 0 Å². The molecule has 0 radical (unpaired) electrons. The summed E-state index contributed by atoms with van der Waals surface area (Å²) in [5.41, 5.74) is 1.31. The van der Waals surface area contributed by atoms with Gasteiger partial charge in [0.2, 0.25) is 0 Å². The number of rotatable bonds is 6. The van der Waals surface area contributed by atoms with E-state index in [0.29, 0.717) is 19.4 Å². The molecule has 4 nitrogen and oxygen atoms in total. The van der Waals surface area contributed by atoms with Gasteiger partial charge in [0.1, 0.15) is 0 Å². The van der Waals surface area contributed by atoms with Crippen LogP contribution in [0.1, 0.15) is 36.9 Å². The minimum Gasteiger partial charge on any atom is -0.436 e. The molecule has 0 bridgehead atoms. The third-order valence-electron chi connectivity index (χ3n) is 4.80. The van der Waals surface area contributed by atoms with Gasteiger partial charge < -0.3 is 9.84 Å². The highest BCUT2D eigenvalue weighted by Gasteiger charge is 2.47. The fraction of sp³-hybridized carbons (Fsp3) is 0.350. The van der Waals surface area contributed by atoms with Gasteiger partial charge in [0.05, 0.1) is 12.6 Å². The number of carbonyl (C=O) groups excluding carboxylic acids is 1. The fourth-order valence-corrected chi connectivity index (χ4v) is 4.02. The summed E-state index contributed by atoms with van der Waals surface area (Å²) in [5.74, 6) is 0. The normalized spacial score (nSPS) is 21.2. The zero-order valence-electron chi connectivity index (χ0n) is 14.2. The molecule has 2 aromatic rings. The van der Waals surface area contributed by atoms with Crippen LogP contribution in [0.4, 0.5) is 4.79 Å². The predicted octanol–water partition coefficient (Wildman–Crippen LogP) is 4.63. The molecule has 0 aromatic heterocycles. The molecule has 1 saturated heterocycles. The Hall–Kier alpha value is -1.85. The number of nitrogens with zero attached hydrogens (tertiary/aromatic N) is 1. The number of cyclic esters (lactones) is 1. The van der Waals surface area contributed by atoms with Crippen LogP contribution in [0.5, 0.6) is 0 Å². The molecule has 1 aliphatic heterocycles. The summed E-state index contributed by atoms with van der Waals surface area (Å²) >= 11 is 3.57. The molecule has 0 saturated carbocycles. The molecule has 5 heteroatoms. The molecule has 2 atom stereocenters. The van der Waals surface area contributed by atoms with Crippen molar-refractivity contribution in [3.8, 4) is 0 Å². The van der Waals surface area contributed by atoms with Crippen LogP contribution >= 0.6 is 15.9 Å². The molecular weight excluding hydrogens is 382 g/mol. The van der Waals surface area contributed by atoms with Gasteiger partial charge in [-0.05, 0) is 37.0 Å². The van der Waals surface area contributed by atoms with Gasteiger partial charge in [-0.1, -0.05) is 64.5 Å². The molecule has 2 aromatic carbocycles. The Morgan fingerprint density at radius 1 is 1.20 bits per heavy atom. The first kappa shape index (κ1) is 18.0. The standard InChI is InChI=1S/C20H22BrNO3/c1-15(17-10-5-6-11-18(17)21)22-14-20(12-7-13-23,25-19(22)24)16-8-3-2-4-9-16/h2-6,8-11,15,23H,7,12-14H2,1H3. The van der Waals surface area contributed by atoms with Crippen LogP contribution < -0.4 is 0 Å². The van der Waals surface area contributed by atoms with Gasteiger partial charge in [0.15, 0.2) is 5.60 Å². The summed E-state index contributed by atoms with van der Waals surface area (Å²) in [6, 6.07) is 17.6. The Balaban J connectivity index is 1.91. The maximum atomic E-state index is 12.7. The van der Waals surface area contributed by atoms with Crippen molar-refractivity contribution in [1.29, 1.82) is 0 Å². The van der Waals surface area contributed by atoms with E-state index in [0.717, 1.165) is 15.6 Å². The number of hydrogen-bond donors (Lipinski definition) is 1. The van der Waals surface area contributed by atoms with Crippen molar-refractivity contribution < 1.29 is 14.6 Å². The summed E-state index contributed by atoms with van der Waals surface area (Å²) in [6.07, 6.45) is 0.864. The molecule has 0 spiro atoms. The zero-order valence-corrected chi connectivity index (χ0v) is 15.8. The lowest BCUT2D eigenvalue weighted by molar-refractivity contribution is 0.0409. The molecule has 2 unspecified atom stereocenters. The highest BCUT2D eigenvalue weighted by Crippen LogP contribution is 2.41. The second-order valence-electron chi connectivity index (χ2n) is 6.38. The third-order valence-corrected chi connectivity index (χ3v) is 5.53. The van der Waals surface area contributed by atoms with E-state index in [9.17, 15) is 9.90 Å². The number of halogens is 1. The molecule has 1 heterocycles. The van der Waals surface area contributed by atoms with Crippen LogP contribution in [0, 0.1) is 0 Å². The predicted molar refractivity (Wildman–Crippen MR) is 100 cm³/mol. The van der Waals surface area contributed by atoms with Gasteiger partial charge >= 0.3 is 6.09 Å². The average molecular weight is 404 g/mol. The molecule has 1 fully saturated rings. The van der Waals surface area contributed by atoms with Crippen LogP contribution in [0.15, 0.2) is 59.1 Å². The number of ether oxygens (including phenoxy) is 1. The van der Waals surface area contributed by atoms with Crippen LogP contribution in [0.3, 0.4) is 0 Å². The zero-order chi connectivity index (χ0) is 17.9. The SMILES string of the molecule is CC(c1ccccc1Br)N1CC(CCCO)(c2ccccc2)OC1=O. The van der Waals surface area contributed by atoms with Gasteiger partial charge in [0.25, 0.3) is 0 Å². The van der Waals surface area contributed by atoms with E-state index in [1.807, 2.05) is 61.5 Å². The van der Waals surface area contributed by atoms with Gasteiger partial charge in [0, 0.05) is 11.1 Å². The number of aliphatic hydroxyl groups excluding tert-OH is 1. The number of aliphatic hydroxyl groups is 1. The van der Waals surface area contributed by atoms with E-state index in [2.05, 4.69) is 15.9 Å². The lowest BCUT2D eigenvalue weighted by atomic mass is 9.88. The van der Waals surface area contributed by atoms with Gasteiger partial charge in [-0.15, -0.1) is 0 Å². The largest absolute Gasteiger partial charge is 0.436 e. The summed E-state index contributed by atoms with van der Waals surface area (Å²) in [4.78, 5) is 14.4. The van der Waals surface area contributed by atoms with Crippen LogP contribution in [-0.4, -0.2) is 29.3 Å². The van der Waals surface area contributed by atoms with Crippen LogP contribution in [0.2, 0.25) is 0 Å². The number of amides is 1. The fourth-order valence-electron chi connectivity index (χ4n) is 3.41. The summed E-state index contributed by atoms with van der Waals surface area (Å²) in [6.45, 7) is 2.55. The van der Waals surface area contributed by atoms with E-state index in [1.54, 1.807) is 4.90 Å². The van der Waals surface area contributed by atoms with Crippen molar-refractivity contribution >= 4 is 22.0 Å². The lowest BCUT2D eigenvalue weighted by Gasteiger charge is -2.29. The topological polar surface area (TPSA) is 49.8 Å². The summed E-state index contributed by atoms with van der Waals surface area (Å²) in [7, 11) is 0. The second-order valence-corrected chi connectivity index (χ2v) is 7.24. The minimum atomic E-state index is -0.712. The van der Waals surface area contributed by atoms with Crippen molar-refractivity contribution in [1.82, 2.24) is 4.90 Å². The first-order chi connectivity index (χ1) is 12.1. The van der Waals surface area contributed by atoms with Gasteiger partial charge in [-0.25, -0.2) is 4.79 Å². The molecule has 1 amide bonds. The monoisotopic (exact) mass is 403 g/mol. The Kier molecular flexibility index (Phi) is 5.45. The van der Waals surface area contributed by atoms with Gasteiger partial charge in [-0.3, -0.25) is 4.90 Å². The van der Waals surface area contributed by atoms with Crippen molar-refractivity contribution in [2.75, 3.05) is 13.2 Å². The Morgan fingerprint density at radius 3 is 2.56 bits per heavy atom. The quantitative estimate of drug-likeness (QED) is 0.764. The van der Waals surface area contributed by atoms with E-state index in [1.165, 1.54) is 0 Å². The highest BCUT2D eigenvalue weighted by atomic mass is 79.9. The van der Waals surface area contributed by atoms with E-state index >= 15 is 0 Å². The minimum absolute atomic E-state index is 0.0753. The van der Waals surface area contributed by atoms with Crippen molar-refractivity contribution in [2.45, 2.75) is 31.4 Å². The Morgan fingerprint density at radius 2 is 1.88 bits per heavy atom. The molecule has 25 heavy (non-hydrogen) atoms. The van der Waals surface area contributed by atoms with Crippen molar-refractivity contribution in [2.24, 2.45) is 0 Å². The molecular formula is C20H22BrNO3. The lowest BCUT2D eigenvalue weighted by Crippen LogP contribution is -2.33. The summed E-state index contributed by atoms with van der Waals surface area (Å²) < 4.78 is 6.87. The molecule has 132 valence electrons. The number of hydrogen-bond acceptors (Lipinski definition) is 3. The van der Waals surface area contributed by atoms with Crippen LogP contribution in [0.25, 0.3) is 0 Å². The first-order valence-electron chi connectivity index (χ1n) is 8.48. The number of carbonyl (C=O) groups is 1. The average Bonchev–Trinajstić information content (AvgIpc) is 2.98. The highest BCUT2D eigenvalue weighted by molar-refractivity contribution is 9.10. The molecule has 0 aliphatic carbocycles. The van der Waals surface area contributed by atoms with E-state index in [4.69, 9.17) is 4.74 Å². The molecule has 1 N–H and O–H groups in total. The first-order valence-corrected chi connectivity index (χ1v) is 9.27. The number of benzene rings is 2. The third kappa shape index (κ3) is 3.58. The maximum absolute atomic E-state index is 12.7.